The second kappa shape index (κ2) is 11.1. The van der Waals surface area contributed by atoms with Gasteiger partial charge in [-0.25, -0.2) is 31.1 Å². The van der Waals surface area contributed by atoms with Crippen LogP contribution in [-0.2, 0) is 21.5 Å². The Labute approximate surface area is 175 Å². The molecule has 13 heteroatoms. The molecule has 0 aliphatic heterocycles. The molecule has 0 saturated carbocycles. The third-order valence-corrected chi connectivity index (χ3v) is 5.54. The standard InChI is InChI=1S/C18H22F3N3O6S/c1-12(13-3-4-14(19)15(9-13)30-10-16(20)21)23-31(27,28)8-2-7-29-11-24-6-5-17(25)22-18(24)26/h3-6,9,12,16,23H,2,7-8,10-11H2,1H3,(H,22,25,26). The van der Waals surface area contributed by atoms with Crippen molar-refractivity contribution in [3.05, 3.63) is 62.7 Å². The van der Waals surface area contributed by atoms with Gasteiger partial charge in [0.1, 0.15) is 13.3 Å². The van der Waals surface area contributed by atoms with E-state index in [2.05, 4.69) is 9.71 Å². The highest BCUT2D eigenvalue weighted by Crippen LogP contribution is 2.23. The Bertz CT molecular complexity index is 1090. The van der Waals surface area contributed by atoms with Gasteiger partial charge in [0.05, 0.1) is 5.75 Å². The molecule has 1 unspecified atom stereocenters. The summed E-state index contributed by atoms with van der Waals surface area (Å²) in [6, 6.07) is 3.88. The van der Waals surface area contributed by atoms with Gasteiger partial charge in [0.2, 0.25) is 10.0 Å². The van der Waals surface area contributed by atoms with Crippen molar-refractivity contribution in [3.8, 4) is 5.75 Å². The molecule has 2 rings (SSSR count). The average molecular weight is 465 g/mol. The largest absolute Gasteiger partial charge is 0.485 e. The first-order valence-corrected chi connectivity index (χ1v) is 10.8. The Morgan fingerprint density at radius 1 is 1.23 bits per heavy atom. The second-order valence-corrected chi connectivity index (χ2v) is 8.39. The van der Waals surface area contributed by atoms with E-state index >= 15 is 0 Å². The molecule has 0 aliphatic rings. The van der Waals surface area contributed by atoms with E-state index in [1.807, 2.05) is 0 Å². The van der Waals surface area contributed by atoms with Gasteiger partial charge in [-0.05, 0) is 31.0 Å². The average Bonchev–Trinajstić information content (AvgIpc) is 2.68. The number of ether oxygens (including phenoxy) is 2. The summed E-state index contributed by atoms with van der Waals surface area (Å²) < 4.78 is 76.1. The van der Waals surface area contributed by atoms with E-state index in [1.54, 1.807) is 0 Å². The lowest BCUT2D eigenvalue weighted by atomic mass is 10.1. The topological polar surface area (TPSA) is 119 Å². The molecule has 2 aromatic rings. The van der Waals surface area contributed by atoms with E-state index in [0.717, 1.165) is 22.8 Å². The fraction of sp³-hybridized carbons (Fsp3) is 0.444. The van der Waals surface area contributed by atoms with Crippen molar-refractivity contribution >= 4 is 10.0 Å². The number of hydrogen-bond acceptors (Lipinski definition) is 6. The molecule has 0 fully saturated rings. The number of hydrogen-bond donors (Lipinski definition) is 2. The molecule has 0 spiro atoms. The second-order valence-electron chi connectivity index (χ2n) is 6.52. The van der Waals surface area contributed by atoms with Gasteiger partial charge >= 0.3 is 5.69 Å². The van der Waals surface area contributed by atoms with E-state index in [4.69, 9.17) is 9.47 Å². The minimum atomic E-state index is -3.74. The molecular weight excluding hydrogens is 443 g/mol. The fourth-order valence-corrected chi connectivity index (χ4v) is 3.80. The maximum Gasteiger partial charge on any atom is 0.330 e. The zero-order chi connectivity index (χ0) is 23.0. The van der Waals surface area contributed by atoms with Gasteiger partial charge in [-0.1, -0.05) is 6.07 Å². The normalized spacial score (nSPS) is 12.8. The molecule has 0 aliphatic carbocycles. The zero-order valence-corrected chi connectivity index (χ0v) is 17.3. The Kier molecular flexibility index (Phi) is 8.83. The number of nitrogens with one attached hydrogen (secondary N) is 2. The highest BCUT2D eigenvalue weighted by atomic mass is 32.2. The van der Waals surface area contributed by atoms with E-state index < -0.39 is 51.9 Å². The van der Waals surface area contributed by atoms with Crippen molar-refractivity contribution < 1.29 is 31.1 Å². The minimum Gasteiger partial charge on any atom is -0.485 e. The summed E-state index contributed by atoms with van der Waals surface area (Å²) in [6.07, 6.45) is -1.40. The van der Waals surface area contributed by atoms with Gasteiger partial charge in [0.25, 0.3) is 12.0 Å². The lowest BCUT2D eigenvalue weighted by molar-refractivity contribution is 0.0744. The zero-order valence-electron chi connectivity index (χ0n) is 16.5. The molecule has 2 N–H and O–H groups in total. The van der Waals surface area contributed by atoms with Crippen molar-refractivity contribution in [1.29, 1.82) is 0 Å². The molecule has 9 nitrogen and oxygen atoms in total. The number of rotatable bonds is 12. The highest BCUT2D eigenvalue weighted by Gasteiger charge is 2.18. The number of H-pyrrole nitrogens is 1. The summed E-state index contributed by atoms with van der Waals surface area (Å²) in [6.45, 7) is 0.409. The monoisotopic (exact) mass is 465 g/mol. The molecule has 1 aromatic carbocycles. The fourth-order valence-electron chi connectivity index (χ4n) is 2.51. The Hall–Kier alpha value is -2.64. The molecule has 0 saturated heterocycles. The van der Waals surface area contributed by atoms with Gasteiger partial charge in [-0.15, -0.1) is 0 Å². The number of nitrogens with zero attached hydrogens (tertiary/aromatic N) is 1. The smallest absolute Gasteiger partial charge is 0.330 e. The van der Waals surface area contributed by atoms with Gasteiger partial charge in [-0.2, -0.15) is 0 Å². The SMILES string of the molecule is CC(NS(=O)(=O)CCCOCn1ccc(=O)[nH]c1=O)c1ccc(F)c(OCC(F)F)c1. The van der Waals surface area contributed by atoms with Gasteiger partial charge in [-0.3, -0.25) is 14.3 Å². The molecule has 0 radical (unpaired) electrons. The van der Waals surface area contributed by atoms with Crippen LogP contribution in [0.2, 0.25) is 0 Å². The Morgan fingerprint density at radius 2 is 1.97 bits per heavy atom. The number of sulfonamides is 1. The van der Waals surface area contributed by atoms with Crippen LogP contribution in [0, 0.1) is 5.82 Å². The quantitative estimate of drug-likeness (QED) is 0.457. The van der Waals surface area contributed by atoms with Gasteiger partial charge in [0.15, 0.2) is 11.6 Å². The first-order valence-electron chi connectivity index (χ1n) is 9.15. The van der Waals surface area contributed by atoms with Crippen molar-refractivity contribution in [2.24, 2.45) is 0 Å². The maximum atomic E-state index is 13.7. The maximum absolute atomic E-state index is 13.7. The Balaban J connectivity index is 1.84. The Morgan fingerprint density at radius 3 is 2.65 bits per heavy atom. The highest BCUT2D eigenvalue weighted by molar-refractivity contribution is 7.89. The summed E-state index contributed by atoms with van der Waals surface area (Å²) in [5.74, 6) is -1.51. The van der Waals surface area contributed by atoms with Crippen LogP contribution in [-0.4, -0.2) is 43.4 Å². The molecule has 1 aromatic heterocycles. The molecule has 0 amide bonds. The van der Waals surface area contributed by atoms with Crippen LogP contribution < -0.4 is 20.7 Å². The van der Waals surface area contributed by atoms with Crippen molar-refractivity contribution in [2.45, 2.75) is 32.5 Å². The van der Waals surface area contributed by atoms with Crippen LogP contribution in [0.4, 0.5) is 13.2 Å². The van der Waals surface area contributed by atoms with E-state index in [0.29, 0.717) is 5.56 Å². The number of aromatic amines is 1. The van der Waals surface area contributed by atoms with Crippen LogP contribution in [0.25, 0.3) is 0 Å². The number of alkyl halides is 2. The number of aromatic nitrogens is 2. The van der Waals surface area contributed by atoms with Crippen LogP contribution in [0.15, 0.2) is 40.1 Å². The molecule has 172 valence electrons. The van der Waals surface area contributed by atoms with E-state index in [-0.39, 0.29) is 25.5 Å². The predicted octanol–water partition coefficient (Wildman–Crippen LogP) is 1.36. The number of halogens is 3. The van der Waals surface area contributed by atoms with Crippen molar-refractivity contribution in [3.63, 3.8) is 0 Å². The lowest BCUT2D eigenvalue weighted by Gasteiger charge is -2.16. The molecule has 1 heterocycles. The third-order valence-electron chi connectivity index (χ3n) is 4.01. The lowest BCUT2D eigenvalue weighted by Crippen LogP contribution is -2.30. The van der Waals surface area contributed by atoms with Crippen molar-refractivity contribution in [2.75, 3.05) is 19.0 Å². The minimum absolute atomic E-state index is 0.0308. The van der Waals surface area contributed by atoms with E-state index in [9.17, 15) is 31.2 Å². The van der Waals surface area contributed by atoms with Crippen LogP contribution in [0.1, 0.15) is 24.9 Å². The summed E-state index contributed by atoms with van der Waals surface area (Å²) in [4.78, 5) is 24.5. The van der Waals surface area contributed by atoms with Gasteiger partial charge in [0, 0.05) is 24.9 Å². The molecule has 1 atom stereocenters. The van der Waals surface area contributed by atoms with Crippen molar-refractivity contribution in [1.82, 2.24) is 14.3 Å². The molecule has 31 heavy (non-hydrogen) atoms. The summed E-state index contributed by atoms with van der Waals surface area (Å²) >= 11 is 0. The van der Waals surface area contributed by atoms with Gasteiger partial charge < -0.3 is 9.47 Å². The number of benzene rings is 1. The predicted molar refractivity (Wildman–Crippen MR) is 105 cm³/mol. The van der Waals surface area contributed by atoms with E-state index in [1.165, 1.54) is 19.2 Å². The summed E-state index contributed by atoms with van der Waals surface area (Å²) in [5.41, 5.74) is -0.851. The van der Waals surface area contributed by atoms with Crippen LogP contribution >= 0.6 is 0 Å². The molecule has 0 bridgehead atoms. The summed E-state index contributed by atoms with van der Waals surface area (Å²) in [7, 11) is -3.74. The molecular formula is C18H22F3N3O6S. The summed E-state index contributed by atoms with van der Waals surface area (Å²) in [5, 5.41) is 0. The first-order chi connectivity index (χ1) is 14.6. The van der Waals surface area contributed by atoms with Crippen LogP contribution in [0.3, 0.4) is 0 Å². The van der Waals surface area contributed by atoms with Crippen LogP contribution in [0.5, 0.6) is 5.75 Å². The first kappa shape index (κ1) is 24.6. The third kappa shape index (κ3) is 8.19.